The highest BCUT2D eigenvalue weighted by Crippen LogP contribution is 2.29. The monoisotopic (exact) mass is 359 g/mol. The number of hydrogen-bond donors (Lipinski definition) is 2. The van der Waals surface area contributed by atoms with Crippen LogP contribution >= 0.6 is 0 Å². The molecule has 2 aliphatic carbocycles. The molecule has 6 nitrogen and oxygen atoms in total. The second kappa shape index (κ2) is 8.06. The molecule has 2 fully saturated rings. The van der Waals surface area contributed by atoms with Crippen molar-refractivity contribution in [3.63, 3.8) is 0 Å². The van der Waals surface area contributed by atoms with Crippen molar-refractivity contribution in [3.8, 4) is 0 Å². The van der Waals surface area contributed by atoms with Crippen LogP contribution in [-0.2, 0) is 0 Å². The zero-order valence-corrected chi connectivity index (χ0v) is 15.7. The molecule has 6 heteroatoms. The quantitative estimate of drug-likeness (QED) is 0.785. The average molecular weight is 359 g/mol. The Labute approximate surface area is 154 Å². The van der Waals surface area contributed by atoms with Gasteiger partial charge in [-0.2, -0.15) is 0 Å². The lowest BCUT2D eigenvalue weighted by atomic mass is 10.1. The highest BCUT2D eigenvalue weighted by Gasteiger charge is 2.26. The summed E-state index contributed by atoms with van der Waals surface area (Å²) < 4.78 is 1.91. The van der Waals surface area contributed by atoms with Crippen LogP contribution < -0.4 is 16.1 Å². The molecule has 0 bridgehead atoms. The summed E-state index contributed by atoms with van der Waals surface area (Å²) in [5.74, 6) is -0.229. The van der Waals surface area contributed by atoms with Crippen LogP contribution in [0.15, 0.2) is 17.2 Å². The number of hydrogen-bond acceptors (Lipinski definition) is 3. The minimum atomic E-state index is -0.478. The third kappa shape index (κ3) is 4.34. The van der Waals surface area contributed by atoms with Gasteiger partial charge in [0.05, 0.1) is 0 Å². The molecular weight excluding hydrogens is 330 g/mol. The Morgan fingerprint density at radius 1 is 1.12 bits per heavy atom. The number of carbonyl (C=O) groups excluding carboxylic acids is 2. The van der Waals surface area contributed by atoms with Gasteiger partial charge in [0.1, 0.15) is 11.1 Å². The summed E-state index contributed by atoms with van der Waals surface area (Å²) in [6.45, 7) is 4.48. The minimum Gasteiger partial charge on any atom is -0.352 e. The Hall–Kier alpha value is -2.11. The molecule has 0 aromatic carbocycles. The van der Waals surface area contributed by atoms with Crippen LogP contribution in [0.3, 0.4) is 0 Å². The zero-order valence-electron chi connectivity index (χ0n) is 15.7. The van der Waals surface area contributed by atoms with E-state index in [0.717, 1.165) is 44.9 Å². The maximum absolute atomic E-state index is 12.8. The van der Waals surface area contributed by atoms with Gasteiger partial charge in [-0.25, -0.2) is 0 Å². The van der Waals surface area contributed by atoms with Crippen molar-refractivity contribution in [1.29, 1.82) is 0 Å². The minimum absolute atomic E-state index is 0.0193. The lowest BCUT2D eigenvalue weighted by molar-refractivity contribution is 0.0937. The maximum Gasteiger partial charge on any atom is 0.256 e. The number of nitrogens with zero attached hydrogens (tertiary/aromatic N) is 1. The Morgan fingerprint density at radius 2 is 1.73 bits per heavy atom. The number of aromatic nitrogens is 1. The third-order valence-electron chi connectivity index (χ3n) is 5.52. The van der Waals surface area contributed by atoms with Crippen LogP contribution in [0, 0.1) is 5.92 Å². The summed E-state index contributed by atoms with van der Waals surface area (Å²) in [5, 5.41) is 5.70. The maximum atomic E-state index is 12.8. The van der Waals surface area contributed by atoms with E-state index in [1.807, 2.05) is 18.4 Å². The van der Waals surface area contributed by atoms with Gasteiger partial charge in [0.2, 0.25) is 5.43 Å². The molecule has 1 aromatic heterocycles. The molecule has 3 rings (SSSR count). The number of amides is 2. The van der Waals surface area contributed by atoms with Gasteiger partial charge in [-0.05, 0) is 44.9 Å². The molecule has 1 atom stereocenters. The normalized spacial score (nSPS) is 18.5. The Morgan fingerprint density at radius 3 is 2.31 bits per heavy atom. The Bertz CT molecular complexity index is 730. The molecule has 0 radical (unpaired) electrons. The molecule has 2 aliphatic rings. The summed E-state index contributed by atoms with van der Waals surface area (Å²) in [6, 6.07) is 0.231. The molecule has 0 saturated heterocycles. The van der Waals surface area contributed by atoms with Gasteiger partial charge in [-0.3, -0.25) is 14.4 Å². The van der Waals surface area contributed by atoms with Gasteiger partial charge in [-0.15, -0.1) is 0 Å². The van der Waals surface area contributed by atoms with E-state index >= 15 is 0 Å². The number of rotatable bonds is 7. The van der Waals surface area contributed by atoms with Gasteiger partial charge >= 0.3 is 0 Å². The largest absolute Gasteiger partial charge is 0.352 e. The highest BCUT2D eigenvalue weighted by atomic mass is 16.2. The topological polar surface area (TPSA) is 80.2 Å². The summed E-state index contributed by atoms with van der Waals surface area (Å²) in [5.41, 5.74) is -0.334. The molecule has 26 heavy (non-hydrogen) atoms. The zero-order chi connectivity index (χ0) is 18.7. The van der Waals surface area contributed by atoms with Gasteiger partial charge in [-0.1, -0.05) is 19.8 Å². The van der Waals surface area contributed by atoms with Gasteiger partial charge < -0.3 is 15.2 Å². The van der Waals surface area contributed by atoms with Gasteiger partial charge in [0.25, 0.3) is 11.8 Å². The summed E-state index contributed by atoms with van der Waals surface area (Å²) in [4.78, 5) is 38.0. The lowest BCUT2D eigenvalue weighted by Crippen LogP contribution is -2.38. The van der Waals surface area contributed by atoms with Crippen molar-refractivity contribution in [2.24, 2.45) is 5.92 Å². The number of nitrogens with one attached hydrogen (secondary N) is 2. The fourth-order valence-electron chi connectivity index (χ4n) is 3.39. The second-order valence-electron chi connectivity index (χ2n) is 7.74. The second-order valence-corrected chi connectivity index (χ2v) is 7.74. The molecule has 0 aliphatic heterocycles. The van der Waals surface area contributed by atoms with Crippen molar-refractivity contribution in [2.45, 2.75) is 70.9 Å². The van der Waals surface area contributed by atoms with E-state index in [1.54, 1.807) is 12.4 Å². The van der Waals surface area contributed by atoms with Crippen molar-refractivity contribution in [1.82, 2.24) is 15.2 Å². The molecule has 0 unspecified atom stereocenters. The standard InChI is InChI=1S/C20H29N3O3/c1-3-13(2)22-20(26)17-12-23(15-6-4-5-7-15)11-16(18(17)24)19(25)21-10-14-8-9-14/h11-15H,3-10H2,1-2H3,(H,21,25)(H,22,26)/t13-/m0/s1. The summed E-state index contributed by atoms with van der Waals surface area (Å²) >= 11 is 0. The van der Waals surface area contributed by atoms with Crippen molar-refractivity contribution in [2.75, 3.05) is 6.54 Å². The molecule has 1 heterocycles. The van der Waals surface area contributed by atoms with Crippen LogP contribution in [-0.4, -0.2) is 29.0 Å². The molecule has 142 valence electrons. The number of pyridine rings is 1. The number of carbonyl (C=O) groups is 2. The SMILES string of the molecule is CC[C@H](C)NC(=O)c1cn(C2CCCC2)cc(C(=O)NCC2CC2)c1=O. The van der Waals surface area contributed by atoms with Gasteiger partial charge in [0, 0.05) is 31.0 Å². The van der Waals surface area contributed by atoms with Crippen LogP contribution in [0.4, 0.5) is 0 Å². The van der Waals surface area contributed by atoms with E-state index in [0.29, 0.717) is 12.5 Å². The first-order chi connectivity index (χ1) is 12.5. The first kappa shape index (κ1) is 18.7. The van der Waals surface area contributed by atoms with Crippen LogP contribution in [0.1, 0.15) is 85.6 Å². The fraction of sp³-hybridized carbons (Fsp3) is 0.650. The fourth-order valence-corrected chi connectivity index (χ4v) is 3.39. The van der Waals surface area contributed by atoms with E-state index in [1.165, 1.54) is 0 Å². The van der Waals surface area contributed by atoms with E-state index in [2.05, 4.69) is 10.6 Å². The first-order valence-corrected chi connectivity index (χ1v) is 9.84. The summed E-state index contributed by atoms with van der Waals surface area (Å²) in [7, 11) is 0. The summed E-state index contributed by atoms with van der Waals surface area (Å²) in [6.07, 6.45) is 10.6. The Balaban J connectivity index is 1.91. The first-order valence-electron chi connectivity index (χ1n) is 9.84. The molecule has 0 spiro atoms. The van der Waals surface area contributed by atoms with E-state index in [4.69, 9.17) is 0 Å². The molecule has 2 amide bonds. The van der Waals surface area contributed by atoms with Crippen molar-refractivity contribution < 1.29 is 9.59 Å². The molecule has 2 N–H and O–H groups in total. The Kier molecular flexibility index (Phi) is 5.79. The average Bonchev–Trinajstić information content (AvgIpc) is 3.30. The predicted octanol–water partition coefficient (Wildman–Crippen LogP) is 2.63. The third-order valence-corrected chi connectivity index (χ3v) is 5.52. The van der Waals surface area contributed by atoms with Crippen molar-refractivity contribution >= 4 is 11.8 Å². The lowest BCUT2D eigenvalue weighted by Gasteiger charge is -2.18. The molecule has 2 saturated carbocycles. The highest BCUT2D eigenvalue weighted by molar-refractivity contribution is 5.99. The van der Waals surface area contributed by atoms with Crippen LogP contribution in [0.25, 0.3) is 0 Å². The van der Waals surface area contributed by atoms with E-state index < -0.39 is 11.3 Å². The van der Waals surface area contributed by atoms with E-state index in [-0.39, 0.29) is 29.1 Å². The van der Waals surface area contributed by atoms with E-state index in [9.17, 15) is 14.4 Å². The van der Waals surface area contributed by atoms with Crippen molar-refractivity contribution in [3.05, 3.63) is 33.7 Å². The predicted molar refractivity (Wildman–Crippen MR) is 100 cm³/mol. The van der Waals surface area contributed by atoms with Crippen LogP contribution in [0.5, 0.6) is 0 Å². The molecule has 1 aromatic rings. The van der Waals surface area contributed by atoms with Gasteiger partial charge in [0.15, 0.2) is 0 Å². The molecular formula is C20H29N3O3. The van der Waals surface area contributed by atoms with Crippen LogP contribution in [0.2, 0.25) is 0 Å². The smallest absolute Gasteiger partial charge is 0.256 e.